The van der Waals surface area contributed by atoms with E-state index >= 15 is 0 Å². The lowest BCUT2D eigenvalue weighted by molar-refractivity contribution is -0.139. The van der Waals surface area contributed by atoms with Crippen LogP contribution < -0.4 is 0 Å². The van der Waals surface area contributed by atoms with E-state index in [0.29, 0.717) is 0 Å². The van der Waals surface area contributed by atoms with Crippen molar-refractivity contribution in [1.82, 2.24) is 0 Å². The summed E-state index contributed by atoms with van der Waals surface area (Å²) in [7, 11) is 3.48. The molecule has 0 aromatic carbocycles. The molecular weight excluding hydrogens is 364 g/mol. The summed E-state index contributed by atoms with van der Waals surface area (Å²) in [6.45, 7) is 0. The van der Waals surface area contributed by atoms with Gasteiger partial charge in [-0.05, 0) is 68.2 Å². The van der Waals surface area contributed by atoms with E-state index in [0.717, 1.165) is 69.3 Å². The van der Waals surface area contributed by atoms with Gasteiger partial charge in [0.1, 0.15) is 0 Å². The summed E-state index contributed by atoms with van der Waals surface area (Å²) in [6.07, 6.45) is 12.3. The summed E-state index contributed by atoms with van der Waals surface area (Å²) in [6, 6.07) is 0. The maximum Gasteiger partial charge on any atom is 0.314 e. The predicted octanol–water partition coefficient (Wildman–Crippen LogP) is 5.51. The number of rotatable bonds is 3. The number of aliphatic carboxylic acids is 1. The molecule has 4 nitrogen and oxygen atoms in total. The Morgan fingerprint density at radius 2 is 1.17 bits per heavy atom. The summed E-state index contributed by atoms with van der Waals surface area (Å²) >= 11 is 0. The Morgan fingerprint density at radius 3 is 1.59 bits per heavy atom. The third-order valence-corrected chi connectivity index (χ3v) is 7.39. The summed E-state index contributed by atoms with van der Waals surface area (Å²) in [4.78, 5) is 12.4. The van der Waals surface area contributed by atoms with E-state index in [1.54, 1.807) is 14.2 Å². The Kier molecular flexibility index (Phi) is 4.53. The number of allylic oxidation sites excluding steroid dienone is 8. The first-order chi connectivity index (χ1) is 14.1. The molecule has 0 unspecified atom stereocenters. The summed E-state index contributed by atoms with van der Waals surface area (Å²) in [5.74, 6) is 0.988. The van der Waals surface area contributed by atoms with Gasteiger partial charge in [-0.25, -0.2) is 0 Å². The molecule has 0 saturated carbocycles. The van der Waals surface area contributed by atoms with E-state index in [2.05, 4.69) is 12.2 Å². The van der Waals surface area contributed by atoms with Crippen LogP contribution in [0.5, 0.6) is 0 Å². The zero-order chi connectivity index (χ0) is 20.1. The zero-order valence-electron chi connectivity index (χ0n) is 17.3. The Balaban J connectivity index is 1.42. The third-order valence-electron chi connectivity index (χ3n) is 7.39. The van der Waals surface area contributed by atoms with Crippen LogP contribution in [0.4, 0.5) is 0 Å². The fourth-order valence-corrected chi connectivity index (χ4v) is 5.84. The second-order valence-electron chi connectivity index (χ2n) is 8.84. The van der Waals surface area contributed by atoms with Crippen LogP contribution in [0.1, 0.15) is 57.8 Å². The average Bonchev–Trinajstić information content (AvgIpc) is 2.73. The largest absolute Gasteiger partial charge is 0.501 e. The zero-order valence-corrected chi connectivity index (χ0v) is 17.3. The van der Waals surface area contributed by atoms with Gasteiger partial charge in [0.25, 0.3) is 0 Å². The molecular formula is C25H28O4. The van der Waals surface area contributed by atoms with Gasteiger partial charge in [0, 0.05) is 12.8 Å². The summed E-state index contributed by atoms with van der Waals surface area (Å²) < 4.78 is 11.0. The highest BCUT2D eigenvalue weighted by Crippen LogP contribution is 2.52. The van der Waals surface area contributed by atoms with Crippen molar-refractivity contribution < 1.29 is 19.4 Å². The first-order valence-electron chi connectivity index (χ1n) is 10.6. The molecule has 0 atom stereocenters. The molecule has 0 saturated heterocycles. The quantitative estimate of drug-likeness (QED) is 0.643. The molecule has 5 aliphatic carbocycles. The van der Waals surface area contributed by atoms with Crippen molar-refractivity contribution in [2.45, 2.75) is 57.8 Å². The van der Waals surface area contributed by atoms with Crippen molar-refractivity contribution in [3.63, 3.8) is 0 Å². The van der Waals surface area contributed by atoms with Gasteiger partial charge < -0.3 is 14.6 Å². The number of methoxy groups -OCH3 is 2. The van der Waals surface area contributed by atoms with Crippen molar-refractivity contribution in [2.24, 2.45) is 5.92 Å². The van der Waals surface area contributed by atoms with Gasteiger partial charge >= 0.3 is 5.97 Å². The van der Waals surface area contributed by atoms with Crippen LogP contribution in [-0.2, 0) is 14.3 Å². The monoisotopic (exact) mass is 392 g/mol. The molecule has 0 spiro atoms. The number of hydrogen-bond donors (Lipinski definition) is 1. The fraction of sp³-hybridized carbons (Fsp3) is 0.480. The van der Waals surface area contributed by atoms with Crippen LogP contribution in [0.3, 0.4) is 0 Å². The molecule has 29 heavy (non-hydrogen) atoms. The smallest absolute Gasteiger partial charge is 0.314 e. The highest BCUT2D eigenvalue weighted by atomic mass is 16.5. The average molecular weight is 392 g/mol. The van der Waals surface area contributed by atoms with Crippen LogP contribution in [0, 0.1) is 5.92 Å². The van der Waals surface area contributed by atoms with Gasteiger partial charge in [-0.2, -0.15) is 0 Å². The minimum atomic E-state index is -0.675. The SMILES string of the molecule is COC1=CCC2=C(C1)CC1=C(C2)C(C(=O)O)C2=C(CC3=C(CC=C(OC)C3)C2)C1. The summed E-state index contributed by atoms with van der Waals surface area (Å²) in [5, 5.41) is 10.2. The molecule has 0 aliphatic heterocycles. The Morgan fingerprint density at radius 1 is 0.724 bits per heavy atom. The Bertz CT molecular complexity index is 908. The maximum atomic E-state index is 12.4. The second-order valence-corrected chi connectivity index (χ2v) is 8.84. The van der Waals surface area contributed by atoms with Gasteiger partial charge in [-0.1, -0.05) is 33.4 Å². The Hall–Kier alpha value is -2.49. The van der Waals surface area contributed by atoms with E-state index in [4.69, 9.17) is 9.47 Å². The molecule has 0 fully saturated rings. The molecule has 1 N–H and O–H groups in total. The van der Waals surface area contributed by atoms with Crippen LogP contribution in [0.2, 0.25) is 0 Å². The van der Waals surface area contributed by atoms with E-state index in [-0.39, 0.29) is 0 Å². The first kappa shape index (κ1) is 18.5. The standard InChI is InChI=1S/C25H28O4/c1-28-20-5-3-14-12-22-18(7-16(14)10-20)9-19-8-17-11-21(29-2)6-4-15(17)13-23(19)24(22)25(26)27/h5-6,24H,3-4,7-13H2,1-2H3,(H,26,27). The van der Waals surface area contributed by atoms with Gasteiger partial charge in [0.15, 0.2) is 0 Å². The van der Waals surface area contributed by atoms with E-state index in [1.165, 1.54) is 44.6 Å². The van der Waals surface area contributed by atoms with Crippen molar-refractivity contribution in [1.29, 1.82) is 0 Å². The number of carbonyl (C=O) groups is 1. The topological polar surface area (TPSA) is 55.8 Å². The number of carboxylic acid groups (broad SMARTS) is 1. The van der Waals surface area contributed by atoms with Crippen LogP contribution in [0.15, 0.2) is 68.3 Å². The molecule has 5 rings (SSSR count). The van der Waals surface area contributed by atoms with Crippen LogP contribution in [0.25, 0.3) is 0 Å². The van der Waals surface area contributed by atoms with Crippen LogP contribution >= 0.6 is 0 Å². The van der Waals surface area contributed by atoms with E-state index in [1.807, 2.05) is 0 Å². The lowest BCUT2D eigenvalue weighted by atomic mass is 9.65. The predicted molar refractivity (Wildman–Crippen MR) is 111 cm³/mol. The Labute approximate surface area is 172 Å². The molecule has 5 aliphatic rings. The molecule has 0 aromatic heterocycles. The molecule has 0 aromatic rings. The molecule has 0 heterocycles. The van der Waals surface area contributed by atoms with Gasteiger partial charge in [0.05, 0.1) is 31.7 Å². The van der Waals surface area contributed by atoms with Gasteiger partial charge in [0.2, 0.25) is 0 Å². The minimum Gasteiger partial charge on any atom is -0.501 e. The van der Waals surface area contributed by atoms with Crippen molar-refractivity contribution >= 4 is 5.97 Å². The molecule has 0 bridgehead atoms. The lowest BCUT2D eigenvalue weighted by Crippen LogP contribution is -2.29. The highest BCUT2D eigenvalue weighted by Gasteiger charge is 2.40. The molecule has 0 amide bonds. The van der Waals surface area contributed by atoms with Gasteiger partial charge in [-0.15, -0.1) is 0 Å². The van der Waals surface area contributed by atoms with E-state index < -0.39 is 11.9 Å². The second kappa shape index (κ2) is 7.08. The summed E-state index contributed by atoms with van der Waals surface area (Å²) in [5.41, 5.74) is 10.8. The molecule has 152 valence electrons. The van der Waals surface area contributed by atoms with Crippen molar-refractivity contribution in [3.8, 4) is 0 Å². The lowest BCUT2D eigenvalue weighted by Gasteiger charge is -2.39. The maximum absolute atomic E-state index is 12.4. The number of ether oxygens (including phenoxy) is 2. The number of carboxylic acids is 1. The van der Waals surface area contributed by atoms with Crippen molar-refractivity contribution in [3.05, 3.63) is 68.3 Å². The van der Waals surface area contributed by atoms with E-state index in [9.17, 15) is 9.90 Å². The van der Waals surface area contributed by atoms with Crippen molar-refractivity contribution in [2.75, 3.05) is 14.2 Å². The highest BCUT2D eigenvalue weighted by molar-refractivity contribution is 5.80. The first-order valence-corrected chi connectivity index (χ1v) is 10.6. The van der Waals surface area contributed by atoms with Gasteiger partial charge in [-0.3, -0.25) is 4.79 Å². The molecule has 0 radical (unpaired) electrons. The van der Waals surface area contributed by atoms with Crippen LogP contribution in [-0.4, -0.2) is 25.3 Å². The minimum absolute atomic E-state index is 0.433. The number of hydrogen-bond acceptors (Lipinski definition) is 3. The third kappa shape index (κ3) is 3.09. The normalized spacial score (nSPS) is 24.3. The molecule has 4 heteroatoms. The fourth-order valence-electron chi connectivity index (χ4n) is 5.84.